The van der Waals surface area contributed by atoms with Crippen molar-refractivity contribution in [1.82, 2.24) is 4.90 Å². The van der Waals surface area contributed by atoms with Gasteiger partial charge in [-0.1, -0.05) is 25.3 Å². The fraction of sp³-hybridized carbons (Fsp3) is 0.696. The lowest BCUT2D eigenvalue weighted by molar-refractivity contribution is -0.136. The number of amides is 1. The first-order valence-corrected chi connectivity index (χ1v) is 10.8. The van der Waals surface area contributed by atoms with E-state index in [2.05, 4.69) is 23.6 Å². The summed E-state index contributed by atoms with van der Waals surface area (Å²) < 4.78 is 13.9. The van der Waals surface area contributed by atoms with Gasteiger partial charge in [0, 0.05) is 24.2 Å². The largest absolute Gasteiger partial charge is 0.361 e. The summed E-state index contributed by atoms with van der Waals surface area (Å²) >= 11 is 0. The molecule has 4 rings (SSSR count). The van der Waals surface area contributed by atoms with E-state index in [9.17, 15) is 9.18 Å². The van der Waals surface area contributed by atoms with Crippen molar-refractivity contribution in [2.24, 2.45) is 5.92 Å². The monoisotopic (exact) mass is 372 g/mol. The molecule has 1 aromatic rings. The average Bonchev–Trinajstić information content (AvgIpc) is 2.92. The first kappa shape index (κ1) is 18.8. The third-order valence-corrected chi connectivity index (χ3v) is 7.03. The van der Waals surface area contributed by atoms with Crippen LogP contribution in [0.1, 0.15) is 71.6 Å². The van der Waals surface area contributed by atoms with E-state index in [0.29, 0.717) is 17.9 Å². The van der Waals surface area contributed by atoms with E-state index in [-0.39, 0.29) is 17.4 Å². The zero-order valence-corrected chi connectivity index (χ0v) is 16.8. The van der Waals surface area contributed by atoms with Crippen molar-refractivity contribution in [3.63, 3.8) is 0 Å². The topological polar surface area (TPSA) is 23.6 Å². The van der Waals surface area contributed by atoms with Gasteiger partial charge < -0.3 is 9.80 Å². The van der Waals surface area contributed by atoms with E-state index in [1.54, 1.807) is 12.1 Å². The summed E-state index contributed by atoms with van der Waals surface area (Å²) in [4.78, 5) is 17.7. The first-order chi connectivity index (χ1) is 13.0. The van der Waals surface area contributed by atoms with Crippen LogP contribution in [0, 0.1) is 11.7 Å². The Kier molecular flexibility index (Phi) is 5.17. The Morgan fingerprint density at radius 2 is 1.89 bits per heavy atom. The molecule has 0 aromatic heterocycles. The maximum Gasteiger partial charge on any atom is 0.223 e. The van der Waals surface area contributed by atoms with Crippen LogP contribution in [0.5, 0.6) is 0 Å². The summed E-state index contributed by atoms with van der Waals surface area (Å²) in [6.07, 6.45) is 10.1. The van der Waals surface area contributed by atoms with Gasteiger partial charge in [0.25, 0.3) is 0 Å². The van der Waals surface area contributed by atoms with Crippen LogP contribution < -0.4 is 4.90 Å². The highest BCUT2D eigenvalue weighted by Crippen LogP contribution is 2.44. The van der Waals surface area contributed by atoms with Crippen LogP contribution in [0.15, 0.2) is 24.3 Å². The number of carbonyl (C=O) groups is 1. The van der Waals surface area contributed by atoms with E-state index >= 15 is 0 Å². The predicted octanol–water partition coefficient (Wildman–Crippen LogP) is 5.14. The lowest BCUT2D eigenvalue weighted by Crippen LogP contribution is -2.53. The lowest BCUT2D eigenvalue weighted by Gasteiger charge is -2.42. The number of likely N-dealkylation sites (tertiary alicyclic amines) is 1. The van der Waals surface area contributed by atoms with E-state index < -0.39 is 0 Å². The third kappa shape index (κ3) is 3.72. The van der Waals surface area contributed by atoms with E-state index in [1.165, 1.54) is 38.2 Å². The SMILES string of the molecule is CC1(C)C[C@H]2[C@H](CCCN2C(=O)CC2CCCCC2)N1c1cccc(F)c1. The summed E-state index contributed by atoms with van der Waals surface area (Å²) in [7, 11) is 0. The molecule has 0 N–H and O–H groups in total. The van der Waals surface area contributed by atoms with Crippen molar-refractivity contribution < 1.29 is 9.18 Å². The van der Waals surface area contributed by atoms with Gasteiger partial charge in [0.2, 0.25) is 5.91 Å². The highest BCUT2D eigenvalue weighted by atomic mass is 19.1. The first-order valence-electron chi connectivity index (χ1n) is 10.8. The van der Waals surface area contributed by atoms with Gasteiger partial charge in [-0.3, -0.25) is 4.79 Å². The van der Waals surface area contributed by atoms with Gasteiger partial charge in [0.1, 0.15) is 5.82 Å². The molecule has 1 amide bonds. The predicted molar refractivity (Wildman–Crippen MR) is 107 cm³/mol. The quantitative estimate of drug-likeness (QED) is 0.733. The Hall–Kier alpha value is -1.58. The number of nitrogens with zero attached hydrogens (tertiary/aromatic N) is 2. The van der Waals surface area contributed by atoms with Crippen LogP contribution in [-0.4, -0.2) is 35.0 Å². The van der Waals surface area contributed by atoms with Gasteiger partial charge >= 0.3 is 0 Å². The number of carbonyl (C=O) groups excluding carboxylic acids is 1. The number of fused-ring (bicyclic) bond motifs is 1. The molecule has 2 heterocycles. The molecule has 27 heavy (non-hydrogen) atoms. The number of halogens is 1. The number of hydrogen-bond acceptors (Lipinski definition) is 2. The fourth-order valence-electron chi connectivity index (χ4n) is 5.88. The molecule has 3 aliphatic rings. The van der Waals surface area contributed by atoms with Gasteiger partial charge in [-0.25, -0.2) is 4.39 Å². The summed E-state index contributed by atoms with van der Waals surface area (Å²) in [5.41, 5.74) is 0.880. The molecule has 2 atom stereocenters. The molecule has 0 spiro atoms. The maximum absolute atomic E-state index is 13.9. The number of hydrogen-bond donors (Lipinski definition) is 0. The smallest absolute Gasteiger partial charge is 0.223 e. The molecule has 3 nitrogen and oxygen atoms in total. The van der Waals surface area contributed by atoms with Gasteiger partial charge in [-0.2, -0.15) is 0 Å². The van der Waals surface area contributed by atoms with Crippen molar-refractivity contribution in [3.8, 4) is 0 Å². The summed E-state index contributed by atoms with van der Waals surface area (Å²) in [6.45, 7) is 5.36. The summed E-state index contributed by atoms with van der Waals surface area (Å²) in [6, 6.07) is 7.51. The Balaban J connectivity index is 1.54. The van der Waals surface area contributed by atoms with Gasteiger partial charge in [0.15, 0.2) is 0 Å². The Morgan fingerprint density at radius 3 is 2.63 bits per heavy atom. The molecule has 1 aliphatic carbocycles. The zero-order chi connectivity index (χ0) is 19.0. The van der Waals surface area contributed by atoms with Crippen molar-refractivity contribution >= 4 is 11.6 Å². The molecule has 2 saturated heterocycles. The Bertz CT molecular complexity index is 683. The summed E-state index contributed by atoms with van der Waals surface area (Å²) in [5, 5.41) is 0. The Labute approximate surface area is 162 Å². The molecule has 0 bridgehead atoms. The molecular formula is C23H33FN2O. The van der Waals surface area contributed by atoms with Crippen LogP contribution >= 0.6 is 0 Å². The van der Waals surface area contributed by atoms with Crippen LogP contribution in [0.2, 0.25) is 0 Å². The molecule has 2 aliphatic heterocycles. The highest BCUT2D eigenvalue weighted by Gasteiger charge is 2.50. The van der Waals surface area contributed by atoms with Crippen LogP contribution in [-0.2, 0) is 4.79 Å². The molecule has 1 saturated carbocycles. The van der Waals surface area contributed by atoms with Crippen molar-refractivity contribution in [1.29, 1.82) is 0 Å². The second kappa shape index (κ2) is 7.44. The third-order valence-electron chi connectivity index (χ3n) is 7.03. The number of benzene rings is 1. The zero-order valence-electron chi connectivity index (χ0n) is 16.8. The van der Waals surface area contributed by atoms with Crippen molar-refractivity contribution in [2.45, 2.75) is 89.3 Å². The van der Waals surface area contributed by atoms with Crippen molar-refractivity contribution in [2.75, 3.05) is 11.4 Å². The summed E-state index contributed by atoms with van der Waals surface area (Å²) in [5.74, 6) is 0.752. The molecule has 3 fully saturated rings. The van der Waals surface area contributed by atoms with Crippen LogP contribution in [0.4, 0.5) is 10.1 Å². The molecule has 4 heteroatoms. The number of anilines is 1. The number of piperidine rings is 1. The highest BCUT2D eigenvalue weighted by molar-refractivity contribution is 5.77. The van der Waals surface area contributed by atoms with Gasteiger partial charge in [0.05, 0.1) is 12.1 Å². The molecule has 1 aromatic carbocycles. The minimum atomic E-state index is -0.187. The molecule has 0 radical (unpaired) electrons. The Morgan fingerprint density at radius 1 is 1.11 bits per heavy atom. The normalized spacial score (nSPS) is 28.3. The lowest BCUT2D eigenvalue weighted by atomic mass is 9.86. The van der Waals surface area contributed by atoms with E-state index in [4.69, 9.17) is 0 Å². The minimum Gasteiger partial charge on any atom is -0.361 e. The van der Waals surface area contributed by atoms with Crippen LogP contribution in [0.3, 0.4) is 0 Å². The average molecular weight is 373 g/mol. The minimum absolute atomic E-state index is 0.0726. The standard InChI is InChI=1S/C23H33FN2O/c1-23(2)16-21-20(26(23)19-11-6-10-18(24)15-19)12-7-13-25(21)22(27)14-17-8-4-3-5-9-17/h6,10-11,15,17,20-21H,3-5,7-9,12-14,16H2,1-2H3/t20-,21-/m0/s1. The van der Waals surface area contributed by atoms with Crippen molar-refractivity contribution in [3.05, 3.63) is 30.1 Å². The second-order valence-corrected chi connectivity index (χ2v) is 9.44. The van der Waals surface area contributed by atoms with Gasteiger partial charge in [-0.15, -0.1) is 0 Å². The van der Waals surface area contributed by atoms with Crippen LogP contribution in [0.25, 0.3) is 0 Å². The van der Waals surface area contributed by atoms with E-state index in [1.807, 2.05) is 6.07 Å². The second-order valence-electron chi connectivity index (χ2n) is 9.44. The van der Waals surface area contributed by atoms with E-state index in [0.717, 1.165) is 37.9 Å². The fourth-order valence-corrected chi connectivity index (χ4v) is 5.88. The molecule has 148 valence electrons. The molecular weight excluding hydrogens is 339 g/mol. The van der Waals surface area contributed by atoms with Gasteiger partial charge in [-0.05, 0) is 70.1 Å². The maximum atomic E-state index is 13.9. The number of rotatable bonds is 3. The molecule has 0 unspecified atom stereocenters.